The Kier molecular flexibility index (Phi) is 4.73. The van der Waals surface area contributed by atoms with Crippen molar-refractivity contribution in [1.82, 2.24) is 4.90 Å². The molecule has 1 N–H and O–H groups in total. The van der Waals surface area contributed by atoms with Gasteiger partial charge in [0.25, 0.3) is 0 Å². The van der Waals surface area contributed by atoms with E-state index < -0.39 is 0 Å². The van der Waals surface area contributed by atoms with Crippen molar-refractivity contribution in [2.75, 3.05) is 11.9 Å². The van der Waals surface area contributed by atoms with Crippen LogP contribution in [0.5, 0.6) is 0 Å². The predicted molar refractivity (Wildman–Crippen MR) is 93.0 cm³/mol. The minimum atomic E-state index is -0.219. The number of anilines is 1. The summed E-state index contributed by atoms with van der Waals surface area (Å²) in [4.78, 5) is 16.1. The average Bonchev–Trinajstić information content (AvgIpc) is 2.98. The van der Waals surface area contributed by atoms with Crippen LogP contribution in [0.2, 0.25) is 10.0 Å². The van der Waals surface area contributed by atoms with Gasteiger partial charge in [0.05, 0.1) is 21.8 Å². The highest BCUT2D eigenvalue weighted by atomic mass is 35.5. The van der Waals surface area contributed by atoms with E-state index in [1.54, 1.807) is 29.5 Å². The monoisotopic (exact) mass is 354 g/mol. The number of carbonyl (C=O) groups is 1. The Labute approximate surface area is 143 Å². The number of carbonyl (C=O) groups excluding carboxylic acids is 1. The van der Waals surface area contributed by atoms with Crippen LogP contribution in [-0.4, -0.2) is 23.4 Å². The van der Waals surface area contributed by atoms with Crippen LogP contribution in [-0.2, 0) is 17.8 Å². The fraction of sp³-hybridized carbons (Fsp3) is 0.312. The molecule has 116 valence electrons. The zero-order valence-corrected chi connectivity index (χ0v) is 14.4. The molecule has 0 bridgehead atoms. The van der Waals surface area contributed by atoms with Crippen molar-refractivity contribution in [1.29, 1.82) is 0 Å². The average molecular weight is 355 g/mol. The molecular formula is C16H16Cl2N2OS. The van der Waals surface area contributed by atoms with E-state index in [0.29, 0.717) is 15.7 Å². The van der Waals surface area contributed by atoms with Gasteiger partial charge < -0.3 is 5.32 Å². The van der Waals surface area contributed by atoms with Gasteiger partial charge in [-0.2, -0.15) is 0 Å². The van der Waals surface area contributed by atoms with E-state index in [1.807, 2.05) is 6.92 Å². The highest BCUT2D eigenvalue weighted by Crippen LogP contribution is 2.30. The van der Waals surface area contributed by atoms with Gasteiger partial charge in [-0.05, 0) is 42.5 Å². The Morgan fingerprint density at radius 2 is 2.18 bits per heavy atom. The molecule has 0 fully saturated rings. The molecule has 0 saturated carbocycles. The molecule has 1 aromatic heterocycles. The molecule has 1 amide bonds. The van der Waals surface area contributed by atoms with E-state index in [2.05, 4.69) is 21.7 Å². The number of halogens is 2. The SMILES string of the molecule is C[C@H](C(=O)Nc1cccc(Cl)c1Cl)N1CCc2sccc2C1. The summed E-state index contributed by atoms with van der Waals surface area (Å²) < 4.78 is 0. The second-order valence-corrected chi connectivity index (χ2v) is 7.14. The number of hydrogen-bond donors (Lipinski definition) is 1. The fourth-order valence-corrected chi connectivity index (χ4v) is 3.84. The van der Waals surface area contributed by atoms with Crippen molar-refractivity contribution < 1.29 is 4.79 Å². The van der Waals surface area contributed by atoms with Crippen LogP contribution in [0.1, 0.15) is 17.4 Å². The summed E-state index contributed by atoms with van der Waals surface area (Å²) in [5.41, 5.74) is 1.89. The van der Waals surface area contributed by atoms with Gasteiger partial charge in [0.2, 0.25) is 5.91 Å². The molecule has 22 heavy (non-hydrogen) atoms. The van der Waals surface area contributed by atoms with E-state index in [1.165, 1.54) is 10.4 Å². The third kappa shape index (κ3) is 3.15. The molecule has 2 aromatic rings. The molecule has 1 aliphatic rings. The van der Waals surface area contributed by atoms with Gasteiger partial charge in [-0.3, -0.25) is 9.69 Å². The lowest BCUT2D eigenvalue weighted by molar-refractivity contribution is -0.121. The largest absolute Gasteiger partial charge is 0.323 e. The van der Waals surface area contributed by atoms with Crippen LogP contribution in [0.15, 0.2) is 29.6 Å². The molecule has 0 aliphatic carbocycles. The lowest BCUT2D eigenvalue weighted by Crippen LogP contribution is -2.44. The van der Waals surface area contributed by atoms with Gasteiger partial charge in [0.15, 0.2) is 0 Å². The summed E-state index contributed by atoms with van der Waals surface area (Å²) in [6.45, 7) is 3.63. The summed E-state index contributed by atoms with van der Waals surface area (Å²) in [6, 6.07) is 7.15. The maximum atomic E-state index is 12.5. The Bertz CT molecular complexity index is 701. The number of fused-ring (bicyclic) bond motifs is 1. The standard InChI is InChI=1S/C16H16Cl2N2OS/c1-10(20-7-5-14-11(9-20)6-8-22-14)16(21)19-13-4-2-3-12(17)15(13)18/h2-4,6,8,10H,5,7,9H2,1H3,(H,19,21)/t10-/m1/s1. The molecule has 3 nitrogen and oxygen atoms in total. The summed E-state index contributed by atoms with van der Waals surface area (Å²) in [5, 5.41) is 5.80. The van der Waals surface area contributed by atoms with Crippen molar-refractivity contribution >= 4 is 46.1 Å². The zero-order valence-electron chi connectivity index (χ0n) is 12.1. The van der Waals surface area contributed by atoms with Crippen LogP contribution < -0.4 is 5.32 Å². The maximum Gasteiger partial charge on any atom is 0.241 e. The smallest absolute Gasteiger partial charge is 0.241 e. The number of amides is 1. The second kappa shape index (κ2) is 6.59. The highest BCUT2D eigenvalue weighted by molar-refractivity contribution is 7.10. The first kappa shape index (κ1) is 15.8. The highest BCUT2D eigenvalue weighted by Gasteiger charge is 2.26. The first-order valence-electron chi connectivity index (χ1n) is 7.10. The van der Waals surface area contributed by atoms with E-state index >= 15 is 0 Å². The van der Waals surface area contributed by atoms with Crippen molar-refractivity contribution in [3.8, 4) is 0 Å². The number of hydrogen-bond acceptors (Lipinski definition) is 3. The molecule has 1 aliphatic heterocycles. The molecule has 6 heteroatoms. The van der Waals surface area contributed by atoms with Gasteiger partial charge in [0, 0.05) is 18.0 Å². The Balaban J connectivity index is 1.69. The van der Waals surface area contributed by atoms with Crippen molar-refractivity contribution in [2.45, 2.75) is 25.9 Å². The van der Waals surface area contributed by atoms with E-state index in [0.717, 1.165) is 19.5 Å². The normalized spacial score (nSPS) is 16.1. The van der Waals surface area contributed by atoms with Crippen LogP contribution in [0.3, 0.4) is 0 Å². The van der Waals surface area contributed by atoms with Gasteiger partial charge in [-0.15, -0.1) is 11.3 Å². The number of nitrogens with one attached hydrogen (secondary N) is 1. The molecule has 0 spiro atoms. The Morgan fingerprint density at radius 1 is 1.36 bits per heavy atom. The molecular weight excluding hydrogens is 339 g/mol. The minimum Gasteiger partial charge on any atom is -0.323 e. The van der Waals surface area contributed by atoms with E-state index in [9.17, 15) is 4.79 Å². The third-order valence-electron chi connectivity index (χ3n) is 3.97. The predicted octanol–water partition coefficient (Wildman–Crippen LogP) is 4.44. The number of thiophene rings is 1. The molecule has 3 rings (SSSR count). The first-order chi connectivity index (χ1) is 10.6. The van der Waals surface area contributed by atoms with Crippen LogP contribution >= 0.6 is 34.5 Å². The van der Waals surface area contributed by atoms with Gasteiger partial charge >= 0.3 is 0 Å². The third-order valence-corrected chi connectivity index (χ3v) is 5.82. The van der Waals surface area contributed by atoms with E-state index in [4.69, 9.17) is 23.2 Å². The fourth-order valence-electron chi connectivity index (χ4n) is 2.60. The topological polar surface area (TPSA) is 32.3 Å². The molecule has 2 heterocycles. The molecule has 0 unspecified atom stereocenters. The second-order valence-electron chi connectivity index (χ2n) is 5.36. The number of rotatable bonds is 3. The van der Waals surface area contributed by atoms with E-state index in [-0.39, 0.29) is 11.9 Å². The minimum absolute atomic E-state index is 0.0668. The van der Waals surface area contributed by atoms with Gasteiger partial charge in [-0.25, -0.2) is 0 Å². The van der Waals surface area contributed by atoms with Crippen molar-refractivity contribution in [2.24, 2.45) is 0 Å². The number of benzene rings is 1. The summed E-state index contributed by atoms with van der Waals surface area (Å²) in [7, 11) is 0. The van der Waals surface area contributed by atoms with Crippen LogP contribution in [0.4, 0.5) is 5.69 Å². The summed E-state index contributed by atoms with van der Waals surface area (Å²) in [6.07, 6.45) is 1.00. The molecule has 1 aromatic carbocycles. The summed E-state index contributed by atoms with van der Waals surface area (Å²) >= 11 is 13.9. The number of nitrogens with zero attached hydrogens (tertiary/aromatic N) is 1. The molecule has 0 saturated heterocycles. The zero-order chi connectivity index (χ0) is 15.7. The molecule has 0 radical (unpaired) electrons. The Morgan fingerprint density at radius 3 is 3.00 bits per heavy atom. The lowest BCUT2D eigenvalue weighted by Gasteiger charge is -2.31. The van der Waals surface area contributed by atoms with Crippen LogP contribution in [0.25, 0.3) is 0 Å². The quantitative estimate of drug-likeness (QED) is 0.883. The maximum absolute atomic E-state index is 12.5. The van der Waals surface area contributed by atoms with Crippen LogP contribution in [0, 0.1) is 0 Å². The van der Waals surface area contributed by atoms with Crippen molar-refractivity contribution in [3.05, 3.63) is 50.1 Å². The first-order valence-corrected chi connectivity index (χ1v) is 8.74. The summed E-state index contributed by atoms with van der Waals surface area (Å²) in [5.74, 6) is -0.0668. The van der Waals surface area contributed by atoms with Crippen molar-refractivity contribution in [3.63, 3.8) is 0 Å². The lowest BCUT2D eigenvalue weighted by atomic mass is 10.1. The Hall–Kier alpha value is -1.07. The van der Waals surface area contributed by atoms with Gasteiger partial charge in [0.1, 0.15) is 0 Å². The molecule has 1 atom stereocenters. The van der Waals surface area contributed by atoms with Gasteiger partial charge in [-0.1, -0.05) is 29.3 Å².